The van der Waals surface area contributed by atoms with E-state index in [2.05, 4.69) is 21.7 Å². The molecule has 1 unspecified atom stereocenters. The van der Waals surface area contributed by atoms with Crippen LogP contribution in [0, 0.1) is 0 Å². The third-order valence-electron chi connectivity index (χ3n) is 4.73. The minimum atomic E-state index is -0.0756. The van der Waals surface area contributed by atoms with Crippen LogP contribution in [0.3, 0.4) is 0 Å². The summed E-state index contributed by atoms with van der Waals surface area (Å²) >= 11 is 0. The smallest absolute Gasteiger partial charge is 0.259 e. The van der Waals surface area contributed by atoms with E-state index in [1.54, 1.807) is 14.1 Å². The third-order valence-corrected chi connectivity index (χ3v) is 4.73. The van der Waals surface area contributed by atoms with Crippen LogP contribution in [0.15, 0.2) is 53.5 Å². The van der Waals surface area contributed by atoms with E-state index in [0.717, 1.165) is 30.2 Å². The summed E-state index contributed by atoms with van der Waals surface area (Å²) in [5, 5.41) is 6.63. The largest absolute Gasteiger partial charge is 0.488 e. The molecule has 0 saturated carbocycles. The molecule has 0 aliphatic carbocycles. The standard InChI is InChI=1S/C23H30N4O3/c1-4-24-23(26-15-20-13-18-9-5-6-11-21(18)30-20)25-14-17-8-7-10-19(12-17)29-16-22(28)27(2)3/h5-12,20H,4,13-16H2,1-3H3,(H2,24,25,26). The number of fused-ring (bicyclic) bond motifs is 1. The van der Waals surface area contributed by atoms with E-state index in [0.29, 0.717) is 18.8 Å². The van der Waals surface area contributed by atoms with Crippen molar-refractivity contribution in [1.82, 2.24) is 15.5 Å². The van der Waals surface area contributed by atoms with Crippen LogP contribution in [0.5, 0.6) is 11.5 Å². The number of amides is 1. The molecule has 2 aromatic rings. The Morgan fingerprint density at radius 1 is 1.20 bits per heavy atom. The van der Waals surface area contributed by atoms with Gasteiger partial charge >= 0.3 is 0 Å². The highest BCUT2D eigenvalue weighted by Gasteiger charge is 2.22. The fourth-order valence-corrected chi connectivity index (χ4v) is 3.10. The lowest BCUT2D eigenvalue weighted by molar-refractivity contribution is -0.130. The maximum atomic E-state index is 11.7. The van der Waals surface area contributed by atoms with Crippen LogP contribution in [0.1, 0.15) is 18.1 Å². The first-order valence-corrected chi connectivity index (χ1v) is 10.2. The number of likely N-dealkylation sites (N-methyl/N-ethyl adjacent to an activating group) is 1. The van der Waals surface area contributed by atoms with Crippen LogP contribution < -0.4 is 20.1 Å². The van der Waals surface area contributed by atoms with Gasteiger partial charge < -0.3 is 25.0 Å². The van der Waals surface area contributed by atoms with Gasteiger partial charge in [-0.2, -0.15) is 0 Å². The summed E-state index contributed by atoms with van der Waals surface area (Å²) in [6.07, 6.45) is 0.991. The molecule has 2 N–H and O–H groups in total. The number of carbonyl (C=O) groups is 1. The predicted octanol–water partition coefficient (Wildman–Crippen LogP) is 2.21. The molecule has 0 spiro atoms. The molecular weight excluding hydrogens is 380 g/mol. The van der Waals surface area contributed by atoms with Gasteiger partial charge in [0.05, 0.1) is 13.1 Å². The van der Waals surface area contributed by atoms with E-state index in [9.17, 15) is 4.79 Å². The maximum Gasteiger partial charge on any atom is 0.259 e. The van der Waals surface area contributed by atoms with E-state index >= 15 is 0 Å². The molecule has 1 amide bonds. The molecule has 1 atom stereocenters. The summed E-state index contributed by atoms with van der Waals surface area (Å²) in [7, 11) is 3.42. The number of benzene rings is 2. The second kappa shape index (κ2) is 10.5. The number of aliphatic imine (C=N–C) groups is 1. The second-order valence-electron chi connectivity index (χ2n) is 7.35. The molecule has 1 heterocycles. The molecule has 0 saturated heterocycles. The first-order chi connectivity index (χ1) is 14.5. The summed E-state index contributed by atoms with van der Waals surface area (Å²) in [6, 6.07) is 15.8. The lowest BCUT2D eigenvalue weighted by Gasteiger charge is -2.15. The Morgan fingerprint density at radius 3 is 2.80 bits per heavy atom. The minimum Gasteiger partial charge on any atom is -0.488 e. The SMILES string of the molecule is CCNC(=NCc1cccc(OCC(=O)N(C)C)c1)NCC1Cc2ccccc2O1. The number of para-hydroxylation sites is 1. The van der Waals surface area contributed by atoms with E-state index in [1.807, 2.05) is 49.4 Å². The zero-order valence-corrected chi connectivity index (χ0v) is 17.9. The lowest BCUT2D eigenvalue weighted by Crippen LogP contribution is -2.42. The highest BCUT2D eigenvalue weighted by molar-refractivity contribution is 5.79. The summed E-state index contributed by atoms with van der Waals surface area (Å²) in [6.45, 7) is 4.01. The number of carbonyl (C=O) groups excluding carboxylic acids is 1. The fraction of sp³-hybridized carbons (Fsp3) is 0.391. The highest BCUT2D eigenvalue weighted by atomic mass is 16.5. The number of nitrogens with one attached hydrogen (secondary N) is 2. The van der Waals surface area contributed by atoms with Crippen molar-refractivity contribution in [1.29, 1.82) is 0 Å². The zero-order chi connectivity index (χ0) is 21.3. The van der Waals surface area contributed by atoms with E-state index in [1.165, 1.54) is 10.5 Å². The van der Waals surface area contributed by atoms with E-state index in [4.69, 9.17) is 9.47 Å². The van der Waals surface area contributed by atoms with Gasteiger partial charge in [-0.25, -0.2) is 4.99 Å². The molecular formula is C23H30N4O3. The number of hydrogen-bond acceptors (Lipinski definition) is 4. The fourth-order valence-electron chi connectivity index (χ4n) is 3.10. The molecule has 1 aliphatic rings. The van der Waals surface area contributed by atoms with Crippen LogP contribution in [-0.4, -0.2) is 56.7 Å². The summed E-state index contributed by atoms with van der Waals surface area (Å²) in [4.78, 5) is 17.9. The van der Waals surface area contributed by atoms with Crippen molar-refractivity contribution in [3.05, 3.63) is 59.7 Å². The van der Waals surface area contributed by atoms with Crippen molar-refractivity contribution in [2.45, 2.75) is 26.0 Å². The van der Waals surface area contributed by atoms with Gasteiger partial charge in [-0.3, -0.25) is 4.79 Å². The van der Waals surface area contributed by atoms with Crippen molar-refractivity contribution >= 4 is 11.9 Å². The molecule has 1 aliphatic heterocycles. The maximum absolute atomic E-state index is 11.7. The molecule has 3 rings (SSSR count). The van der Waals surface area contributed by atoms with Crippen molar-refractivity contribution < 1.29 is 14.3 Å². The van der Waals surface area contributed by atoms with Gasteiger partial charge in [-0.1, -0.05) is 30.3 Å². The third kappa shape index (κ3) is 6.14. The molecule has 7 heteroatoms. The Kier molecular flexibility index (Phi) is 7.54. The van der Waals surface area contributed by atoms with E-state index < -0.39 is 0 Å². The quantitative estimate of drug-likeness (QED) is 0.516. The van der Waals surface area contributed by atoms with Gasteiger partial charge in [0.2, 0.25) is 0 Å². The Morgan fingerprint density at radius 2 is 2.03 bits per heavy atom. The minimum absolute atomic E-state index is 0.0215. The van der Waals surface area contributed by atoms with Gasteiger partial charge in [-0.05, 0) is 36.2 Å². The normalized spacial score (nSPS) is 15.2. The number of nitrogens with zero attached hydrogens (tertiary/aromatic N) is 2. The Balaban J connectivity index is 1.53. The molecule has 0 fully saturated rings. The van der Waals surface area contributed by atoms with Crippen LogP contribution >= 0.6 is 0 Å². The summed E-state index contributed by atoms with van der Waals surface area (Å²) in [5.41, 5.74) is 2.25. The van der Waals surface area contributed by atoms with Crippen molar-refractivity contribution in [2.24, 2.45) is 4.99 Å². The highest BCUT2D eigenvalue weighted by Crippen LogP contribution is 2.27. The van der Waals surface area contributed by atoms with Crippen LogP contribution in [0.25, 0.3) is 0 Å². The molecule has 7 nitrogen and oxygen atoms in total. The molecule has 2 aromatic carbocycles. The molecule has 0 bridgehead atoms. The Hall–Kier alpha value is -3.22. The van der Waals surface area contributed by atoms with Gasteiger partial charge in [0, 0.05) is 27.1 Å². The molecule has 160 valence electrons. The van der Waals surface area contributed by atoms with Crippen molar-refractivity contribution in [2.75, 3.05) is 33.8 Å². The average molecular weight is 411 g/mol. The van der Waals surface area contributed by atoms with Crippen LogP contribution in [0.2, 0.25) is 0 Å². The van der Waals surface area contributed by atoms with Crippen LogP contribution in [-0.2, 0) is 17.8 Å². The second-order valence-corrected chi connectivity index (χ2v) is 7.35. The van der Waals surface area contributed by atoms with Gasteiger partial charge in [0.15, 0.2) is 12.6 Å². The van der Waals surface area contributed by atoms with E-state index in [-0.39, 0.29) is 18.6 Å². The van der Waals surface area contributed by atoms with Crippen LogP contribution in [0.4, 0.5) is 0 Å². The zero-order valence-electron chi connectivity index (χ0n) is 17.9. The number of ether oxygens (including phenoxy) is 2. The number of rotatable bonds is 8. The van der Waals surface area contributed by atoms with Gasteiger partial charge in [-0.15, -0.1) is 0 Å². The Bertz CT molecular complexity index is 857. The molecule has 0 aromatic heterocycles. The van der Waals surface area contributed by atoms with Crippen molar-refractivity contribution in [3.8, 4) is 11.5 Å². The van der Waals surface area contributed by atoms with Crippen molar-refractivity contribution in [3.63, 3.8) is 0 Å². The molecule has 0 radical (unpaired) electrons. The average Bonchev–Trinajstić information content (AvgIpc) is 3.17. The summed E-state index contributed by atoms with van der Waals surface area (Å²) < 4.78 is 11.6. The van der Waals surface area contributed by atoms with Gasteiger partial charge in [0.1, 0.15) is 17.6 Å². The molecule has 30 heavy (non-hydrogen) atoms. The number of guanidine groups is 1. The van der Waals surface area contributed by atoms with Gasteiger partial charge in [0.25, 0.3) is 5.91 Å². The Labute approximate surface area is 178 Å². The topological polar surface area (TPSA) is 75.2 Å². The monoisotopic (exact) mass is 410 g/mol. The first-order valence-electron chi connectivity index (χ1n) is 10.2. The first kappa shape index (κ1) is 21.5. The lowest BCUT2D eigenvalue weighted by atomic mass is 10.1. The summed E-state index contributed by atoms with van der Waals surface area (Å²) in [5.74, 6) is 2.29. The number of hydrogen-bond donors (Lipinski definition) is 2. The predicted molar refractivity (Wildman–Crippen MR) is 118 cm³/mol.